The third kappa shape index (κ3) is 2.87. The molecule has 1 aromatic carbocycles. The van der Waals surface area contributed by atoms with Gasteiger partial charge in [0.15, 0.2) is 0 Å². The van der Waals surface area contributed by atoms with E-state index in [2.05, 4.69) is 37.9 Å². The first-order valence-electron chi connectivity index (χ1n) is 6.73. The second-order valence-electron chi connectivity index (χ2n) is 5.85. The number of hydrogen-bond acceptors (Lipinski definition) is 2. The molecule has 3 heteroatoms. The van der Waals surface area contributed by atoms with E-state index in [1.165, 1.54) is 5.56 Å². The predicted octanol–water partition coefficient (Wildman–Crippen LogP) is 3.28. The molecule has 0 aliphatic heterocycles. The predicted molar refractivity (Wildman–Crippen MR) is 77.1 cm³/mol. The van der Waals surface area contributed by atoms with Crippen molar-refractivity contribution in [3.63, 3.8) is 0 Å². The van der Waals surface area contributed by atoms with Crippen molar-refractivity contribution >= 4 is 0 Å². The Kier molecular flexibility index (Phi) is 3.76. The molecule has 0 amide bonds. The Morgan fingerprint density at radius 2 is 1.84 bits per heavy atom. The van der Waals surface area contributed by atoms with Gasteiger partial charge >= 0.3 is 0 Å². The van der Waals surface area contributed by atoms with Crippen LogP contribution in [0.5, 0.6) is 0 Å². The van der Waals surface area contributed by atoms with Crippen molar-refractivity contribution in [3.05, 3.63) is 53.6 Å². The van der Waals surface area contributed by atoms with Crippen LogP contribution in [-0.4, -0.2) is 14.7 Å². The van der Waals surface area contributed by atoms with Gasteiger partial charge in [-0.3, -0.25) is 0 Å². The molecule has 0 radical (unpaired) electrons. The maximum Gasteiger partial charge on any atom is 0.142 e. The maximum atomic E-state index is 10.4. The number of benzene rings is 1. The standard InChI is InChI=1S/C16H22N2O/c1-5-18-11-10-17-15(18)14(19)12-6-8-13(9-7-12)16(2,3)4/h6-11,14,19H,5H2,1-4H3. The number of aromatic nitrogens is 2. The number of rotatable bonds is 3. The summed E-state index contributed by atoms with van der Waals surface area (Å²) in [6.45, 7) is 9.40. The average Bonchev–Trinajstić information content (AvgIpc) is 2.85. The van der Waals surface area contributed by atoms with E-state index in [4.69, 9.17) is 0 Å². The molecule has 0 spiro atoms. The van der Waals surface area contributed by atoms with Crippen LogP contribution in [0.1, 0.15) is 50.8 Å². The summed E-state index contributed by atoms with van der Waals surface area (Å²) in [7, 11) is 0. The zero-order chi connectivity index (χ0) is 14.0. The molecule has 2 aromatic rings. The molecule has 0 bridgehead atoms. The second kappa shape index (κ2) is 5.17. The third-order valence-electron chi connectivity index (χ3n) is 3.43. The number of hydrogen-bond donors (Lipinski definition) is 1. The van der Waals surface area contributed by atoms with E-state index in [-0.39, 0.29) is 5.41 Å². The topological polar surface area (TPSA) is 38.0 Å². The summed E-state index contributed by atoms with van der Waals surface area (Å²) in [5.74, 6) is 0.700. The summed E-state index contributed by atoms with van der Waals surface area (Å²) >= 11 is 0. The summed E-state index contributed by atoms with van der Waals surface area (Å²) < 4.78 is 1.96. The van der Waals surface area contributed by atoms with Crippen molar-refractivity contribution in [1.82, 2.24) is 9.55 Å². The van der Waals surface area contributed by atoms with Gasteiger partial charge in [0.25, 0.3) is 0 Å². The van der Waals surface area contributed by atoms with Gasteiger partial charge in [-0.1, -0.05) is 45.0 Å². The molecule has 0 saturated carbocycles. The molecular weight excluding hydrogens is 236 g/mol. The Labute approximate surface area is 114 Å². The van der Waals surface area contributed by atoms with Crippen molar-refractivity contribution in [2.24, 2.45) is 0 Å². The number of aryl methyl sites for hydroxylation is 1. The van der Waals surface area contributed by atoms with Gasteiger partial charge in [-0.25, -0.2) is 4.98 Å². The van der Waals surface area contributed by atoms with E-state index < -0.39 is 6.10 Å². The molecule has 0 aliphatic rings. The van der Waals surface area contributed by atoms with Crippen molar-refractivity contribution < 1.29 is 5.11 Å². The number of aliphatic hydroxyl groups is 1. The van der Waals surface area contributed by atoms with Gasteiger partial charge in [0.05, 0.1) is 0 Å². The van der Waals surface area contributed by atoms with Gasteiger partial charge in [-0.2, -0.15) is 0 Å². The molecule has 0 fully saturated rings. The fourth-order valence-corrected chi connectivity index (χ4v) is 2.15. The van der Waals surface area contributed by atoms with Crippen LogP contribution in [0.2, 0.25) is 0 Å². The monoisotopic (exact) mass is 258 g/mol. The van der Waals surface area contributed by atoms with E-state index >= 15 is 0 Å². The summed E-state index contributed by atoms with van der Waals surface area (Å²) in [4.78, 5) is 4.25. The van der Waals surface area contributed by atoms with Crippen LogP contribution in [-0.2, 0) is 12.0 Å². The largest absolute Gasteiger partial charge is 0.380 e. The first-order valence-corrected chi connectivity index (χ1v) is 6.73. The lowest BCUT2D eigenvalue weighted by Gasteiger charge is -2.20. The van der Waals surface area contributed by atoms with Crippen LogP contribution in [0.15, 0.2) is 36.7 Å². The zero-order valence-corrected chi connectivity index (χ0v) is 12.1. The van der Waals surface area contributed by atoms with Crippen LogP contribution < -0.4 is 0 Å². The normalized spacial score (nSPS) is 13.5. The SMILES string of the molecule is CCn1ccnc1C(O)c1ccc(C(C)(C)C)cc1. The quantitative estimate of drug-likeness (QED) is 0.917. The molecule has 1 N–H and O–H groups in total. The lowest BCUT2D eigenvalue weighted by molar-refractivity contribution is 0.205. The Hall–Kier alpha value is -1.61. The molecule has 1 aromatic heterocycles. The second-order valence-corrected chi connectivity index (χ2v) is 5.85. The molecular formula is C16H22N2O. The average molecular weight is 258 g/mol. The molecule has 2 rings (SSSR count). The minimum Gasteiger partial charge on any atom is -0.380 e. The van der Waals surface area contributed by atoms with Crippen molar-refractivity contribution in [3.8, 4) is 0 Å². The minimum atomic E-state index is -0.663. The fraction of sp³-hybridized carbons (Fsp3) is 0.438. The first kappa shape index (κ1) is 13.8. The molecule has 1 atom stereocenters. The first-order chi connectivity index (χ1) is 8.93. The summed E-state index contributed by atoms with van der Waals surface area (Å²) in [5.41, 5.74) is 2.28. The van der Waals surface area contributed by atoms with Crippen molar-refractivity contribution in [2.75, 3.05) is 0 Å². The van der Waals surface area contributed by atoms with Gasteiger partial charge in [-0.05, 0) is 23.5 Å². The number of aliphatic hydroxyl groups excluding tert-OH is 1. The van der Waals surface area contributed by atoms with E-state index in [9.17, 15) is 5.11 Å². The number of nitrogens with zero attached hydrogens (tertiary/aromatic N) is 2. The summed E-state index contributed by atoms with van der Waals surface area (Å²) in [5, 5.41) is 10.4. The Morgan fingerprint density at radius 1 is 1.21 bits per heavy atom. The smallest absolute Gasteiger partial charge is 0.142 e. The molecule has 1 heterocycles. The van der Waals surface area contributed by atoms with E-state index in [0.717, 1.165) is 12.1 Å². The van der Waals surface area contributed by atoms with Gasteiger partial charge < -0.3 is 9.67 Å². The molecule has 19 heavy (non-hydrogen) atoms. The lowest BCUT2D eigenvalue weighted by Crippen LogP contribution is -2.12. The van der Waals surface area contributed by atoms with Crippen molar-refractivity contribution in [1.29, 1.82) is 0 Å². The Balaban J connectivity index is 2.28. The van der Waals surface area contributed by atoms with Crippen LogP contribution >= 0.6 is 0 Å². The molecule has 0 aliphatic carbocycles. The zero-order valence-electron chi connectivity index (χ0n) is 12.1. The van der Waals surface area contributed by atoms with Gasteiger partial charge in [0.1, 0.15) is 11.9 Å². The highest BCUT2D eigenvalue weighted by atomic mass is 16.3. The Bertz CT molecular complexity index is 535. The van der Waals surface area contributed by atoms with Crippen LogP contribution in [0.25, 0.3) is 0 Å². The van der Waals surface area contributed by atoms with E-state index in [1.807, 2.05) is 29.8 Å². The highest BCUT2D eigenvalue weighted by Crippen LogP contribution is 2.26. The highest BCUT2D eigenvalue weighted by molar-refractivity contribution is 5.30. The number of imidazole rings is 1. The van der Waals surface area contributed by atoms with Crippen molar-refractivity contribution in [2.45, 2.75) is 45.8 Å². The summed E-state index contributed by atoms with van der Waals surface area (Å²) in [6, 6.07) is 8.13. The van der Waals surface area contributed by atoms with Gasteiger partial charge in [0, 0.05) is 18.9 Å². The van der Waals surface area contributed by atoms with Crippen LogP contribution in [0.3, 0.4) is 0 Å². The van der Waals surface area contributed by atoms with E-state index in [1.54, 1.807) is 6.20 Å². The third-order valence-corrected chi connectivity index (χ3v) is 3.43. The van der Waals surface area contributed by atoms with E-state index in [0.29, 0.717) is 5.82 Å². The van der Waals surface area contributed by atoms with Crippen LogP contribution in [0.4, 0.5) is 0 Å². The highest BCUT2D eigenvalue weighted by Gasteiger charge is 2.17. The maximum absolute atomic E-state index is 10.4. The minimum absolute atomic E-state index is 0.130. The Morgan fingerprint density at radius 3 is 2.37 bits per heavy atom. The molecule has 1 unspecified atom stereocenters. The van der Waals surface area contributed by atoms with Gasteiger partial charge in [0.2, 0.25) is 0 Å². The molecule has 102 valence electrons. The molecule has 0 saturated heterocycles. The summed E-state index contributed by atoms with van der Waals surface area (Å²) in [6.07, 6.45) is 2.96. The lowest BCUT2D eigenvalue weighted by atomic mass is 9.86. The van der Waals surface area contributed by atoms with Crippen LogP contribution in [0, 0.1) is 0 Å². The van der Waals surface area contributed by atoms with Gasteiger partial charge in [-0.15, -0.1) is 0 Å². The fourth-order valence-electron chi connectivity index (χ4n) is 2.15. The molecule has 3 nitrogen and oxygen atoms in total.